The van der Waals surface area contributed by atoms with Crippen molar-refractivity contribution >= 4 is 38.4 Å². The van der Waals surface area contributed by atoms with Crippen molar-refractivity contribution in [3.05, 3.63) is 47.3 Å². The lowest BCUT2D eigenvalue weighted by molar-refractivity contribution is 0.593. The molecule has 0 spiro atoms. The van der Waals surface area contributed by atoms with E-state index in [-0.39, 0.29) is 16.8 Å². The van der Waals surface area contributed by atoms with Crippen molar-refractivity contribution in [3.63, 3.8) is 0 Å². The van der Waals surface area contributed by atoms with E-state index in [1.807, 2.05) is 0 Å². The Balaban J connectivity index is 2.18. The second-order valence-electron chi connectivity index (χ2n) is 5.08. The minimum Gasteiger partial charge on any atom is -0.324 e. The van der Waals surface area contributed by atoms with E-state index in [1.54, 1.807) is 25.4 Å². The molecule has 0 fully saturated rings. The van der Waals surface area contributed by atoms with E-state index >= 15 is 0 Å². The number of pyridine rings is 2. The van der Waals surface area contributed by atoms with Crippen molar-refractivity contribution in [2.45, 2.75) is 0 Å². The SMILES string of the molecule is CNS(=O)(=O)Nc1nc(Nc2cnccn2)cc2ccn(C)c(=O)c12. The molecule has 0 unspecified atom stereocenters. The molecule has 0 radical (unpaired) electrons. The van der Waals surface area contributed by atoms with E-state index in [4.69, 9.17) is 0 Å². The van der Waals surface area contributed by atoms with E-state index in [0.717, 1.165) is 0 Å². The van der Waals surface area contributed by atoms with Gasteiger partial charge in [0.1, 0.15) is 11.6 Å². The van der Waals surface area contributed by atoms with Crippen LogP contribution in [-0.2, 0) is 17.3 Å². The van der Waals surface area contributed by atoms with Crippen LogP contribution in [0, 0.1) is 0 Å². The molecule has 0 aromatic carbocycles. The molecule has 11 heteroatoms. The highest BCUT2D eigenvalue weighted by Crippen LogP contribution is 2.24. The van der Waals surface area contributed by atoms with Crippen molar-refractivity contribution in [3.8, 4) is 0 Å². The Morgan fingerprint density at radius 3 is 2.68 bits per heavy atom. The molecular weight excluding hydrogens is 346 g/mol. The molecule has 0 saturated carbocycles. The Hall–Kier alpha value is -3.05. The first kappa shape index (κ1) is 16.8. The number of nitrogens with one attached hydrogen (secondary N) is 3. The van der Waals surface area contributed by atoms with Crippen LogP contribution in [0.2, 0.25) is 0 Å². The van der Waals surface area contributed by atoms with Crippen molar-refractivity contribution < 1.29 is 8.42 Å². The molecule has 0 atom stereocenters. The third-order valence-corrected chi connectivity index (χ3v) is 4.38. The topological polar surface area (TPSA) is 131 Å². The maximum absolute atomic E-state index is 12.4. The third-order valence-electron chi connectivity index (χ3n) is 3.38. The first-order valence-corrected chi connectivity index (χ1v) is 8.62. The number of aryl methyl sites for hydroxylation is 1. The summed E-state index contributed by atoms with van der Waals surface area (Å²) in [7, 11) is -1.02. The predicted octanol–water partition coefficient (Wildman–Crippen LogP) is 0.343. The fraction of sp³-hybridized carbons (Fsp3) is 0.143. The van der Waals surface area contributed by atoms with Gasteiger partial charge in [0.25, 0.3) is 15.8 Å². The van der Waals surface area contributed by atoms with E-state index in [2.05, 4.69) is 29.7 Å². The fourth-order valence-corrected chi connectivity index (χ4v) is 2.67. The number of anilines is 3. The lowest BCUT2D eigenvalue weighted by atomic mass is 10.2. The number of hydrogen-bond acceptors (Lipinski definition) is 7. The molecule has 130 valence electrons. The monoisotopic (exact) mass is 361 g/mol. The highest BCUT2D eigenvalue weighted by atomic mass is 32.2. The molecule has 3 aromatic rings. The van der Waals surface area contributed by atoms with Crippen molar-refractivity contribution in [1.82, 2.24) is 24.2 Å². The summed E-state index contributed by atoms with van der Waals surface area (Å²) in [6.45, 7) is 0. The van der Waals surface area contributed by atoms with E-state index in [1.165, 1.54) is 30.2 Å². The minimum atomic E-state index is -3.85. The second-order valence-corrected chi connectivity index (χ2v) is 6.70. The summed E-state index contributed by atoms with van der Waals surface area (Å²) in [5.74, 6) is 0.662. The van der Waals surface area contributed by atoms with Crippen LogP contribution in [0.15, 0.2) is 41.7 Å². The predicted molar refractivity (Wildman–Crippen MR) is 93.9 cm³/mol. The molecule has 0 bridgehead atoms. The molecule has 25 heavy (non-hydrogen) atoms. The molecule has 0 aliphatic heterocycles. The van der Waals surface area contributed by atoms with Crippen LogP contribution in [0.3, 0.4) is 0 Å². The van der Waals surface area contributed by atoms with Crippen LogP contribution in [-0.4, -0.2) is 35.0 Å². The Morgan fingerprint density at radius 2 is 2.00 bits per heavy atom. The van der Waals surface area contributed by atoms with Gasteiger partial charge in [0, 0.05) is 32.7 Å². The summed E-state index contributed by atoms with van der Waals surface area (Å²) < 4.78 is 29.5. The van der Waals surface area contributed by atoms with Crippen molar-refractivity contribution in [2.75, 3.05) is 17.1 Å². The maximum Gasteiger partial charge on any atom is 0.300 e. The summed E-state index contributed by atoms with van der Waals surface area (Å²) >= 11 is 0. The number of hydrogen-bond donors (Lipinski definition) is 3. The number of fused-ring (bicyclic) bond motifs is 1. The molecule has 3 aromatic heterocycles. The zero-order valence-corrected chi connectivity index (χ0v) is 14.2. The molecule has 3 rings (SSSR count). The number of aromatic nitrogens is 4. The highest BCUT2D eigenvalue weighted by molar-refractivity contribution is 7.90. The average molecular weight is 361 g/mol. The molecule has 0 aliphatic rings. The van der Waals surface area contributed by atoms with Gasteiger partial charge in [-0.1, -0.05) is 0 Å². The zero-order chi connectivity index (χ0) is 18.0. The Bertz CT molecular complexity index is 1080. The Morgan fingerprint density at radius 1 is 1.20 bits per heavy atom. The quantitative estimate of drug-likeness (QED) is 0.597. The summed E-state index contributed by atoms with van der Waals surface area (Å²) in [5, 5.41) is 3.61. The molecule has 10 nitrogen and oxygen atoms in total. The summed E-state index contributed by atoms with van der Waals surface area (Å²) in [6.07, 6.45) is 6.11. The van der Waals surface area contributed by atoms with Gasteiger partial charge in [-0.25, -0.2) is 14.7 Å². The van der Waals surface area contributed by atoms with Gasteiger partial charge in [-0.05, 0) is 17.5 Å². The maximum atomic E-state index is 12.4. The first-order valence-electron chi connectivity index (χ1n) is 7.14. The zero-order valence-electron chi connectivity index (χ0n) is 13.4. The second kappa shape index (κ2) is 6.45. The van der Waals surface area contributed by atoms with E-state index in [0.29, 0.717) is 17.0 Å². The highest BCUT2D eigenvalue weighted by Gasteiger charge is 2.16. The summed E-state index contributed by atoms with van der Waals surface area (Å²) in [5.41, 5.74) is -0.371. The third kappa shape index (κ3) is 3.56. The normalized spacial score (nSPS) is 11.4. The summed E-state index contributed by atoms with van der Waals surface area (Å²) in [4.78, 5) is 24.6. The number of rotatable bonds is 5. The van der Waals surface area contributed by atoms with Gasteiger partial charge in [0.15, 0.2) is 5.82 Å². The minimum absolute atomic E-state index is 0.0839. The molecule has 3 N–H and O–H groups in total. The molecule has 0 saturated heterocycles. The summed E-state index contributed by atoms with van der Waals surface area (Å²) in [6, 6.07) is 3.32. The molecular formula is C14H15N7O3S. The van der Waals surface area contributed by atoms with Crippen molar-refractivity contribution in [2.24, 2.45) is 7.05 Å². The average Bonchev–Trinajstić information content (AvgIpc) is 2.59. The van der Waals surface area contributed by atoms with Crippen LogP contribution in [0.25, 0.3) is 10.8 Å². The van der Waals surface area contributed by atoms with Gasteiger partial charge in [-0.2, -0.15) is 8.42 Å². The standard InChI is InChI=1S/C14H15N7O3S/c1-15-25(23,24)20-13-12-9(3-6-21(2)14(12)22)7-10(19-13)18-11-8-16-4-5-17-11/h3-8,15H,1-2H3,(H2,17,18,19,20). The van der Waals surface area contributed by atoms with Crippen LogP contribution < -0.4 is 20.3 Å². The van der Waals surface area contributed by atoms with Crippen LogP contribution in [0.1, 0.15) is 0 Å². The van der Waals surface area contributed by atoms with Gasteiger partial charge in [0.2, 0.25) is 0 Å². The van der Waals surface area contributed by atoms with Crippen LogP contribution in [0.5, 0.6) is 0 Å². The first-order chi connectivity index (χ1) is 11.9. The van der Waals surface area contributed by atoms with Gasteiger partial charge < -0.3 is 9.88 Å². The van der Waals surface area contributed by atoms with Gasteiger partial charge in [0.05, 0.1) is 11.6 Å². The van der Waals surface area contributed by atoms with E-state index < -0.39 is 10.2 Å². The smallest absolute Gasteiger partial charge is 0.300 e. The molecule has 3 heterocycles. The van der Waals surface area contributed by atoms with Crippen molar-refractivity contribution in [1.29, 1.82) is 0 Å². The van der Waals surface area contributed by atoms with Gasteiger partial charge >= 0.3 is 0 Å². The largest absolute Gasteiger partial charge is 0.324 e. The van der Waals surface area contributed by atoms with Gasteiger partial charge in [-0.15, -0.1) is 0 Å². The Kier molecular flexibility index (Phi) is 4.33. The molecule has 0 aliphatic carbocycles. The molecule has 0 amide bonds. The van der Waals surface area contributed by atoms with E-state index in [9.17, 15) is 13.2 Å². The van der Waals surface area contributed by atoms with Crippen LogP contribution >= 0.6 is 0 Å². The number of nitrogens with zero attached hydrogens (tertiary/aromatic N) is 4. The fourth-order valence-electron chi connectivity index (χ4n) is 2.17. The lowest BCUT2D eigenvalue weighted by Crippen LogP contribution is -2.28. The Labute approximate surface area is 143 Å². The van der Waals surface area contributed by atoms with Gasteiger partial charge in [-0.3, -0.25) is 14.5 Å². The van der Waals surface area contributed by atoms with Crippen LogP contribution in [0.4, 0.5) is 17.5 Å². The lowest BCUT2D eigenvalue weighted by Gasteiger charge is -2.12.